The molecular weight excluding hydrogens is 224 g/mol. The minimum Gasteiger partial charge on any atom is -0.481 e. The highest BCUT2D eigenvalue weighted by Gasteiger charge is 2.28. The molecule has 6 heteroatoms. The van der Waals surface area contributed by atoms with Crippen molar-refractivity contribution in [2.45, 2.75) is 31.4 Å². The maximum absolute atomic E-state index is 11.4. The van der Waals surface area contributed by atoms with Gasteiger partial charge in [0.2, 0.25) is 5.91 Å². The molecule has 1 aliphatic heterocycles. The Kier molecular flexibility index (Phi) is 3.96. The van der Waals surface area contributed by atoms with Crippen LogP contribution in [0.25, 0.3) is 0 Å². The van der Waals surface area contributed by atoms with Crippen LogP contribution in [0.5, 0.6) is 0 Å². The van der Waals surface area contributed by atoms with Gasteiger partial charge in [-0.3, -0.25) is 9.59 Å². The van der Waals surface area contributed by atoms with Crippen molar-refractivity contribution in [2.24, 2.45) is 5.92 Å². The molecule has 0 aromatic heterocycles. The fraction of sp³-hybridized carbons (Fsp3) is 0.818. The lowest BCUT2D eigenvalue weighted by Crippen LogP contribution is -2.44. The summed E-state index contributed by atoms with van der Waals surface area (Å²) in [6.45, 7) is 1.11. The van der Waals surface area contributed by atoms with Crippen molar-refractivity contribution in [2.75, 3.05) is 19.7 Å². The zero-order valence-electron chi connectivity index (χ0n) is 9.65. The number of carboxylic acid groups (broad SMARTS) is 1. The molecule has 6 nitrogen and oxygen atoms in total. The molecule has 0 aromatic carbocycles. The topological polar surface area (TPSA) is 87.7 Å². The first kappa shape index (κ1) is 12.3. The van der Waals surface area contributed by atoms with E-state index in [0.717, 1.165) is 12.8 Å². The molecule has 2 unspecified atom stereocenters. The molecule has 1 heterocycles. The Hall–Kier alpha value is -1.14. The summed E-state index contributed by atoms with van der Waals surface area (Å²) in [4.78, 5) is 22.2. The molecule has 2 fully saturated rings. The predicted molar refractivity (Wildman–Crippen MR) is 59.5 cm³/mol. The summed E-state index contributed by atoms with van der Waals surface area (Å²) in [6, 6.07) is 0.336. The number of carbonyl (C=O) groups excluding carboxylic acids is 1. The number of amides is 1. The predicted octanol–water partition coefficient (Wildman–Crippen LogP) is -0.656. The van der Waals surface area contributed by atoms with Crippen molar-refractivity contribution in [3.8, 4) is 0 Å². The molecule has 0 spiro atoms. The number of ether oxygens (including phenoxy) is 1. The molecule has 1 saturated heterocycles. The third-order valence-corrected chi connectivity index (χ3v) is 3.05. The molecule has 17 heavy (non-hydrogen) atoms. The first-order chi connectivity index (χ1) is 8.15. The second kappa shape index (κ2) is 5.46. The summed E-state index contributed by atoms with van der Waals surface area (Å²) in [5, 5.41) is 14.7. The van der Waals surface area contributed by atoms with Crippen molar-refractivity contribution >= 4 is 11.9 Å². The van der Waals surface area contributed by atoms with Gasteiger partial charge in [-0.2, -0.15) is 0 Å². The Morgan fingerprint density at radius 1 is 1.35 bits per heavy atom. The van der Waals surface area contributed by atoms with Gasteiger partial charge in [0, 0.05) is 19.1 Å². The van der Waals surface area contributed by atoms with E-state index in [0.29, 0.717) is 25.6 Å². The van der Waals surface area contributed by atoms with E-state index in [1.807, 2.05) is 0 Å². The average Bonchev–Trinajstić information content (AvgIpc) is 3.11. The van der Waals surface area contributed by atoms with E-state index >= 15 is 0 Å². The number of carbonyl (C=O) groups is 2. The standard InChI is InChI=1S/C11H18N2O4/c14-10(13-8-1-2-8)6-17-9-3-7(11(15)16)4-12-5-9/h7-9,12H,1-6H2,(H,13,14)(H,15,16). The van der Waals surface area contributed by atoms with Gasteiger partial charge >= 0.3 is 5.97 Å². The van der Waals surface area contributed by atoms with E-state index in [1.54, 1.807) is 0 Å². The SMILES string of the molecule is O=C(COC1CNCC(C(=O)O)C1)NC1CC1. The molecule has 2 aliphatic rings. The van der Waals surface area contributed by atoms with E-state index in [4.69, 9.17) is 9.84 Å². The third kappa shape index (κ3) is 3.98. The van der Waals surface area contributed by atoms with Gasteiger partial charge in [0.1, 0.15) is 6.61 Å². The number of rotatable bonds is 5. The van der Waals surface area contributed by atoms with Crippen LogP contribution < -0.4 is 10.6 Å². The lowest BCUT2D eigenvalue weighted by Gasteiger charge is -2.27. The van der Waals surface area contributed by atoms with E-state index < -0.39 is 11.9 Å². The van der Waals surface area contributed by atoms with E-state index in [1.165, 1.54) is 0 Å². The summed E-state index contributed by atoms with van der Waals surface area (Å²) in [6.07, 6.45) is 2.39. The third-order valence-electron chi connectivity index (χ3n) is 3.05. The molecular formula is C11H18N2O4. The van der Waals surface area contributed by atoms with Gasteiger partial charge in [-0.25, -0.2) is 0 Å². The van der Waals surface area contributed by atoms with Crippen molar-refractivity contribution in [1.82, 2.24) is 10.6 Å². The smallest absolute Gasteiger partial charge is 0.307 e. The molecule has 0 radical (unpaired) electrons. The van der Waals surface area contributed by atoms with Crippen molar-refractivity contribution in [3.05, 3.63) is 0 Å². The molecule has 1 amide bonds. The quantitative estimate of drug-likeness (QED) is 0.596. The summed E-state index contributed by atoms with van der Waals surface area (Å²) in [7, 11) is 0. The Morgan fingerprint density at radius 3 is 2.76 bits per heavy atom. The molecule has 96 valence electrons. The number of piperidine rings is 1. The number of nitrogens with one attached hydrogen (secondary N) is 2. The van der Waals surface area contributed by atoms with E-state index in [-0.39, 0.29) is 18.6 Å². The van der Waals surface area contributed by atoms with Crippen LogP contribution in [0.15, 0.2) is 0 Å². The maximum Gasteiger partial charge on any atom is 0.307 e. The molecule has 1 saturated carbocycles. The Labute approximate surface area is 99.7 Å². The Bertz CT molecular complexity index is 304. The van der Waals surface area contributed by atoms with Gasteiger partial charge in [-0.1, -0.05) is 0 Å². The Morgan fingerprint density at radius 2 is 2.12 bits per heavy atom. The van der Waals surface area contributed by atoms with Crippen LogP contribution in [0.2, 0.25) is 0 Å². The Balaban J connectivity index is 1.67. The maximum atomic E-state index is 11.4. The molecule has 2 atom stereocenters. The molecule has 3 N–H and O–H groups in total. The monoisotopic (exact) mass is 242 g/mol. The number of aliphatic carboxylic acids is 1. The normalized spacial score (nSPS) is 28.7. The van der Waals surface area contributed by atoms with Crippen LogP contribution in [0.3, 0.4) is 0 Å². The zero-order valence-corrected chi connectivity index (χ0v) is 9.65. The van der Waals surface area contributed by atoms with E-state index in [9.17, 15) is 9.59 Å². The van der Waals surface area contributed by atoms with Crippen LogP contribution in [-0.4, -0.2) is 48.8 Å². The number of hydrogen-bond donors (Lipinski definition) is 3. The minimum absolute atomic E-state index is 0.0230. The highest BCUT2D eigenvalue weighted by Crippen LogP contribution is 2.18. The van der Waals surface area contributed by atoms with Gasteiger partial charge in [0.05, 0.1) is 12.0 Å². The van der Waals surface area contributed by atoms with Gasteiger partial charge in [-0.15, -0.1) is 0 Å². The van der Waals surface area contributed by atoms with Crippen molar-refractivity contribution in [3.63, 3.8) is 0 Å². The van der Waals surface area contributed by atoms with E-state index in [2.05, 4.69) is 10.6 Å². The second-order valence-corrected chi connectivity index (χ2v) is 4.70. The fourth-order valence-corrected chi connectivity index (χ4v) is 1.91. The largest absolute Gasteiger partial charge is 0.481 e. The highest BCUT2D eigenvalue weighted by molar-refractivity contribution is 5.77. The first-order valence-electron chi connectivity index (χ1n) is 5.99. The highest BCUT2D eigenvalue weighted by atomic mass is 16.5. The molecule has 0 aromatic rings. The summed E-state index contributed by atoms with van der Waals surface area (Å²) in [5.41, 5.74) is 0. The average molecular weight is 242 g/mol. The van der Waals surface area contributed by atoms with Crippen LogP contribution >= 0.6 is 0 Å². The first-order valence-corrected chi connectivity index (χ1v) is 5.99. The summed E-state index contributed by atoms with van der Waals surface area (Å²) < 4.78 is 5.42. The van der Waals surface area contributed by atoms with Crippen LogP contribution in [0, 0.1) is 5.92 Å². The zero-order chi connectivity index (χ0) is 12.3. The van der Waals surface area contributed by atoms with Crippen molar-refractivity contribution < 1.29 is 19.4 Å². The van der Waals surface area contributed by atoms with Gasteiger partial charge < -0.3 is 20.5 Å². The van der Waals surface area contributed by atoms with Crippen LogP contribution in [-0.2, 0) is 14.3 Å². The summed E-state index contributed by atoms with van der Waals surface area (Å²) >= 11 is 0. The second-order valence-electron chi connectivity index (χ2n) is 4.70. The van der Waals surface area contributed by atoms with Crippen LogP contribution in [0.1, 0.15) is 19.3 Å². The number of carboxylic acids is 1. The number of hydrogen-bond acceptors (Lipinski definition) is 4. The molecule has 1 aliphatic carbocycles. The fourth-order valence-electron chi connectivity index (χ4n) is 1.91. The van der Waals surface area contributed by atoms with Crippen LogP contribution in [0.4, 0.5) is 0 Å². The van der Waals surface area contributed by atoms with Gasteiger partial charge in [-0.05, 0) is 19.3 Å². The van der Waals surface area contributed by atoms with Gasteiger partial charge in [0.15, 0.2) is 0 Å². The summed E-state index contributed by atoms with van der Waals surface area (Å²) in [5.74, 6) is -1.33. The van der Waals surface area contributed by atoms with Crippen molar-refractivity contribution in [1.29, 1.82) is 0 Å². The lowest BCUT2D eigenvalue weighted by molar-refractivity contribution is -0.144. The van der Waals surface area contributed by atoms with Gasteiger partial charge in [0.25, 0.3) is 0 Å². The minimum atomic E-state index is -0.812. The molecule has 2 rings (SSSR count). The lowest BCUT2D eigenvalue weighted by atomic mass is 9.98. The molecule has 0 bridgehead atoms.